The zero-order chi connectivity index (χ0) is 30.4. The van der Waals surface area contributed by atoms with Crippen molar-refractivity contribution in [2.75, 3.05) is 25.1 Å². The first-order valence-corrected chi connectivity index (χ1v) is 15.8. The Bertz CT molecular complexity index is 1170. The highest BCUT2D eigenvalue weighted by Crippen LogP contribution is 2.29. The number of aliphatic hydroxyl groups is 1. The van der Waals surface area contributed by atoms with Crippen molar-refractivity contribution in [3.8, 4) is 11.5 Å². The van der Waals surface area contributed by atoms with Crippen LogP contribution < -0.4 is 14.8 Å². The number of carbonyl (C=O) groups excluding carboxylic acids is 1. The van der Waals surface area contributed by atoms with Crippen molar-refractivity contribution in [3.05, 3.63) is 89.5 Å². The molecule has 1 atom stereocenters. The molecule has 5 heteroatoms. The van der Waals surface area contributed by atoms with Gasteiger partial charge in [-0.2, -0.15) is 0 Å². The largest absolute Gasteiger partial charge is 0.494 e. The second-order valence-electron chi connectivity index (χ2n) is 12.0. The molecule has 1 fully saturated rings. The normalized spacial score (nSPS) is 14.3. The molecule has 1 saturated carbocycles. The Labute approximate surface area is 253 Å². The number of carbonyl (C=O) groups is 1. The van der Waals surface area contributed by atoms with Crippen molar-refractivity contribution < 1.29 is 19.4 Å². The second-order valence-corrected chi connectivity index (χ2v) is 12.0. The number of anilines is 1. The number of hydrogen-bond donors (Lipinski definition) is 2. The van der Waals surface area contributed by atoms with E-state index in [1.807, 2.05) is 62.4 Å². The van der Waals surface area contributed by atoms with Crippen LogP contribution in [0.15, 0.2) is 72.8 Å². The maximum absolute atomic E-state index is 13.7. The van der Waals surface area contributed by atoms with Crippen LogP contribution in [0.4, 0.5) is 5.69 Å². The summed E-state index contributed by atoms with van der Waals surface area (Å²) in [6, 6.07) is 24.0. The van der Waals surface area contributed by atoms with Crippen molar-refractivity contribution >= 4 is 11.6 Å². The quantitative estimate of drug-likeness (QED) is 0.213. The summed E-state index contributed by atoms with van der Waals surface area (Å²) >= 11 is 0. The third-order valence-electron chi connectivity index (χ3n) is 7.76. The maximum atomic E-state index is 13.7. The highest BCUT2D eigenvalue weighted by molar-refractivity contribution is 5.96. The predicted octanol–water partition coefficient (Wildman–Crippen LogP) is 8.70. The van der Waals surface area contributed by atoms with Crippen molar-refractivity contribution in [1.29, 1.82) is 0 Å². The van der Waals surface area contributed by atoms with Gasteiger partial charge in [0.05, 0.1) is 19.1 Å². The highest BCUT2D eigenvalue weighted by atomic mass is 16.5. The van der Waals surface area contributed by atoms with Gasteiger partial charge in [-0.1, -0.05) is 90.3 Å². The number of benzene rings is 3. The van der Waals surface area contributed by atoms with E-state index < -0.39 is 0 Å². The highest BCUT2D eigenvalue weighted by Gasteiger charge is 2.23. The average molecular weight is 574 g/mol. The Morgan fingerprint density at radius 1 is 0.857 bits per heavy atom. The first-order valence-electron chi connectivity index (χ1n) is 15.8. The summed E-state index contributed by atoms with van der Waals surface area (Å²) in [7, 11) is 0. The van der Waals surface area contributed by atoms with E-state index in [2.05, 4.69) is 50.4 Å². The second kappa shape index (κ2) is 17.0. The SMILES string of the molecule is CC.CC(C)(C)c1ccc(C(Cc2ccc(OCCCO)cc2)C(=O)Nc2ccc(OCC3CCCCC3)cc2)cc1. The Kier molecular flexibility index (Phi) is 13.4. The molecule has 0 aromatic heterocycles. The number of hydrogen-bond acceptors (Lipinski definition) is 4. The standard InChI is InChI=1S/C35H45NO4.C2H6/c1-35(2,3)29-14-12-28(13-15-29)33(24-26-10-18-31(19-11-26)39-23-7-22-37)34(38)36-30-16-20-32(21-17-30)40-25-27-8-5-4-6-9-27;1-2/h10-21,27,33,37H,4-9,22-25H2,1-3H3,(H,36,38);1-2H3. The van der Waals surface area contributed by atoms with E-state index in [1.54, 1.807) is 0 Å². The van der Waals surface area contributed by atoms with E-state index in [0.717, 1.165) is 34.9 Å². The van der Waals surface area contributed by atoms with Crippen LogP contribution in [0.3, 0.4) is 0 Å². The summed E-state index contributed by atoms with van der Waals surface area (Å²) in [5.41, 5.74) is 4.09. The van der Waals surface area contributed by atoms with Gasteiger partial charge in [-0.05, 0) is 83.7 Å². The summed E-state index contributed by atoms with van der Waals surface area (Å²) < 4.78 is 11.7. The van der Waals surface area contributed by atoms with Crippen LogP contribution in [0.2, 0.25) is 0 Å². The Balaban J connectivity index is 0.00000237. The van der Waals surface area contributed by atoms with Crippen molar-refractivity contribution in [2.45, 2.75) is 90.9 Å². The fourth-order valence-corrected chi connectivity index (χ4v) is 5.22. The van der Waals surface area contributed by atoms with E-state index in [-0.39, 0.29) is 23.8 Å². The fraction of sp³-hybridized carbons (Fsp3) is 0.486. The molecule has 3 aromatic rings. The molecule has 0 radical (unpaired) electrons. The first kappa shape index (κ1) is 33.2. The maximum Gasteiger partial charge on any atom is 0.232 e. The van der Waals surface area contributed by atoms with Crippen molar-refractivity contribution in [1.82, 2.24) is 0 Å². The minimum atomic E-state index is -0.350. The lowest BCUT2D eigenvalue weighted by Gasteiger charge is -2.22. The lowest BCUT2D eigenvalue weighted by molar-refractivity contribution is -0.117. The molecule has 0 spiro atoms. The number of rotatable bonds is 12. The first-order chi connectivity index (χ1) is 20.3. The van der Waals surface area contributed by atoms with E-state index >= 15 is 0 Å². The summed E-state index contributed by atoms with van der Waals surface area (Å²) in [4.78, 5) is 13.7. The molecule has 0 heterocycles. The van der Waals surface area contributed by atoms with Crippen LogP contribution in [-0.2, 0) is 16.6 Å². The van der Waals surface area contributed by atoms with Crippen LogP contribution >= 0.6 is 0 Å². The van der Waals surface area contributed by atoms with Gasteiger partial charge in [-0.25, -0.2) is 0 Å². The number of aliphatic hydroxyl groups excluding tert-OH is 1. The molecule has 4 rings (SSSR count). The topological polar surface area (TPSA) is 67.8 Å². The molecule has 2 N–H and O–H groups in total. The molecule has 228 valence electrons. The molecule has 3 aromatic carbocycles. The smallest absolute Gasteiger partial charge is 0.232 e. The molecule has 42 heavy (non-hydrogen) atoms. The summed E-state index contributed by atoms with van der Waals surface area (Å²) in [5.74, 6) is 1.87. The summed E-state index contributed by atoms with van der Waals surface area (Å²) in [5, 5.41) is 12.1. The lowest BCUT2D eigenvalue weighted by atomic mass is 9.84. The minimum absolute atomic E-state index is 0.0392. The Hall–Kier alpha value is -3.31. The van der Waals surface area contributed by atoms with Crippen LogP contribution in [0.5, 0.6) is 11.5 Å². The average Bonchev–Trinajstić information content (AvgIpc) is 3.01. The van der Waals surface area contributed by atoms with Crippen LogP contribution in [0.1, 0.15) is 95.8 Å². The molecule has 1 aliphatic carbocycles. The number of ether oxygens (including phenoxy) is 2. The van der Waals surface area contributed by atoms with Gasteiger partial charge in [-0.3, -0.25) is 4.79 Å². The zero-order valence-corrected chi connectivity index (χ0v) is 26.3. The van der Waals surface area contributed by atoms with Gasteiger partial charge < -0.3 is 19.9 Å². The van der Waals surface area contributed by atoms with Gasteiger partial charge in [0.1, 0.15) is 11.5 Å². The Morgan fingerprint density at radius 2 is 1.45 bits per heavy atom. The van der Waals surface area contributed by atoms with E-state index in [4.69, 9.17) is 14.6 Å². The van der Waals surface area contributed by atoms with Gasteiger partial charge in [0, 0.05) is 18.7 Å². The predicted molar refractivity (Wildman–Crippen MR) is 174 cm³/mol. The molecule has 1 amide bonds. The summed E-state index contributed by atoms with van der Waals surface area (Å²) in [6.45, 7) is 11.9. The molecule has 1 aliphatic rings. The van der Waals surface area contributed by atoms with Crippen molar-refractivity contribution in [3.63, 3.8) is 0 Å². The van der Waals surface area contributed by atoms with Crippen LogP contribution in [0.25, 0.3) is 0 Å². The summed E-state index contributed by atoms with van der Waals surface area (Å²) in [6.07, 6.45) is 7.64. The minimum Gasteiger partial charge on any atom is -0.494 e. The molecular formula is C37H51NO4. The van der Waals surface area contributed by atoms with Crippen molar-refractivity contribution in [2.24, 2.45) is 5.92 Å². The van der Waals surface area contributed by atoms with E-state index in [0.29, 0.717) is 25.4 Å². The fourth-order valence-electron chi connectivity index (χ4n) is 5.22. The third-order valence-corrected chi connectivity index (χ3v) is 7.76. The van der Waals surface area contributed by atoms with E-state index in [1.165, 1.54) is 37.7 Å². The molecule has 0 bridgehead atoms. The lowest BCUT2D eigenvalue weighted by Crippen LogP contribution is -2.23. The Morgan fingerprint density at radius 3 is 2.05 bits per heavy atom. The zero-order valence-electron chi connectivity index (χ0n) is 26.3. The molecular weight excluding hydrogens is 522 g/mol. The van der Waals surface area contributed by atoms with Crippen LogP contribution in [0, 0.1) is 5.92 Å². The number of amides is 1. The van der Waals surface area contributed by atoms with Crippen LogP contribution in [-0.4, -0.2) is 30.8 Å². The van der Waals surface area contributed by atoms with Gasteiger partial charge in [0.25, 0.3) is 0 Å². The molecule has 1 unspecified atom stereocenters. The number of nitrogens with one attached hydrogen (secondary N) is 1. The van der Waals surface area contributed by atoms with Gasteiger partial charge >= 0.3 is 0 Å². The van der Waals surface area contributed by atoms with E-state index in [9.17, 15) is 4.79 Å². The molecule has 0 saturated heterocycles. The monoisotopic (exact) mass is 573 g/mol. The van der Waals surface area contributed by atoms with Gasteiger partial charge in [0.15, 0.2) is 0 Å². The molecule has 5 nitrogen and oxygen atoms in total. The third kappa shape index (κ3) is 10.5. The molecule has 0 aliphatic heterocycles. The van der Waals surface area contributed by atoms with Gasteiger partial charge in [0.2, 0.25) is 5.91 Å². The van der Waals surface area contributed by atoms with Gasteiger partial charge in [-0.15, -0.1) is 0 Å².